The van der Waals surface area contributed by atoms with Crippen LogP contribution in [0.2, 0.25) is 0 Å². The van der Waals surface area contributed by atoms with Crippen molar-refractivity contribution in [2.24, 2.45) is 0 Å². The predicted octanol–water partition coefficient (Wildman–Crippen LogP) is 2.48. The number of alkyl halides is 1. The zero-order chi connectivity index (χ0) is 8.81. The van der Waals surface area contributed by atoms with Crippen molar-refractivity contribution in [1.82, 2.24) is 5.32 Å². The maximum Gasteiger partial charge on any atom is 0.102 e. The summed E-state index contributed by atoms with van der Waals surface area (Å²) in [5.41, 5.74) is 2.46. The Kier molecular flexibility index (Phi) is 6.55. The molecule has 1 nitrogen and oxygen atoms in total. The van der Waals surface area contributed by atoms with Gasteiger partial charge in [-0.15, -0.1) is 12.4 Å². The van der Waals surface area contributed by atoms with Gasteiger partial charge in [-0.25, -0.2) is 4.39 Å². The first-order chi connectivity index (χ1) is 5.83. The molecule has 1 aromatic rings. The van der Waals surface area contributed by atoms with E-state index < -0.39 is 0 Å². The average Bonchev–Trinajstić information content (AvgIpc) is 2.09. The van der Waals surface area contributed by atoms with Crippen molar-refractivity contribution >= 4 is 12.4 Å². The molecule has 0 aliphatic carbocycles. The molecule has 0 saturated heterocycles. The largest absolute Gasteiger partial charge is 0.310 e. The molecule has 1 N–H and O–H groups in total. The molecule has 0 amide bonds. The summed E-state index contributed by atoms with van der Waals surface area (Å²) in [6, 6.07) is 8.24. The van der Waals surface area contributed by atoms with Crippen LogP contribution in [0.5, 0.6) is 0 Å². The van der Waals surface area contributed by atoms with Gasteiger partial charge in [0.1, 0.15) is 6.67 Å². The number of halogens is 2. The lowest BCUT2D eigenvalue weighted by molar-refractivity contribution is 0.467. The molecule has 0 saturated carbocycles. The van der Waals surface area contributed by atoms with E-state index in [1.54, 1.807) is 0 Å². The third-order valence-corrected chi connectivity index (χ3v) is 1.72. The van der Waals surface area contributed by atoms with Crippen LogP contribution >= 0.6 is 12.4 Å². The lowest BCUT2D eigenvalue weighted by Crippen LogP contribution is -2.15. The first-order valence-electron chi connectivity index (χ1n) is 4.15. The van der Waals surface area contributed by atoms with Crippen LogP contribution in [0.1, 0.15) is 11.1 Å². The Morgan fingerprint density at radius 2 is 1.85 bits per heavy atom. The van der Waals surface area contributed by atoms with Crippen LogP contribution in [-0.2, 0) is 6.54 Å². The number of rotatable bonds is 4. The fourth-order valence-electron chi connectivity index (χ4n) is 1.01. The fourth-order valence-corrected chi connectivity index (χ4v) is 1.01. The molecule has 1 aromatic carbocycles. The number of hydrogen-bond acceptors (Lipinski definition) is 1. The Balaban J connectivity index is 0.00000144. The van der Waals surface area contributed by atoms with E-state index >= 15 is 0 Å². The first-order valence-corrected chi connectivity index (χ1v) is 4.15. The standard InChI is InChI=1S/C10H14FN.ClH/c1-9-2-4-10(5-3-9)8-12-7-6-11;/h2-5,12H,6-8H2,1H3;1H. The summed E-state index contributed by atoms with van der Waals surface area (Å²) >= 11 is 0. The molecule has 0 spiro atoms. The molecule has 74 valence electrons. The van der Waals surface area contributed by atoms with E-state index in [0.29, 0.717) is 6.54 Å². The third kappa shape index (κ3) is 4.86. The van der Waals surface area contributed by atoms with Crippen molar-refractivity contribution in [3.05, 3.63) is 35.4 Å². The topological polar surface area (TPSA) is 12.0 Å². The van der Waals surface area contributed by atoms with E-state index in [1.165, 1.54) is 11.1 Å². The molecule has 0 bridgehead atoms. The van der Waals surface area contributed by atoms with Crippen molar-refractivity contribution in [3.8, 4) is 0 Å². The van der Waals surface area contributed by atoms with E-state index in [9.17, 15) is 4.39 Å². The van der Waals surface area contributed by atoms with Crippen LogP contribution < -0.4 is 5.32 Å². The molecule has 0 aromatic heterocycles. The second kappa shape index (κ2) is 6.87. The molecule has 0 atom stereocenters. The Morgan fingerprint density at radius 3 is 2.38 bits per heavy atom. The molecule has 0 aliphatic rings. The monoisotopic (exact) mass is 203 g/mol. The zero-order valence-corrected chi connectivity index (χ0v) is 8.53. The Morgan fingerprint density at radius 1 is 1.23 bits per heavy atom. The molecule has 0 unspecified atom stereocenters. The van der Waals surface area contributed by atoms with Crippen LogP contribution in [-0.4, -0.2) is 13.2 Å². The van der Waals surface area contributed by atoms with Gasteiger partial charge in [0, 0.05) is 13.1 Å². The maximum absolute atomic E-state index is 11.7. The van der Waals surface area contributed by atoms with Gasteiger partial charge in [-0.05, 0) is 12.5 Å². The highest BCUT2D eigenvalue weighted by atomic mass is 35.5. The Bertz CT molecular complexity index is 223. The number of benzene rings is 1. The van der Waals surface area contributed by atoms with Gasteiger partial charge < -0.3 is 5.32 Å². The minimum atomic E-state index is -0.300. The van der Waals surface area contributed by atoms with Crippen molar-refractivity contribution < 1.29 is 4.39 Å². The fraction of sp³-hybridized carbons (Fsp3) is 0.400. The maximum atomic E-state index is 11.7. The van der Waals surface area contributed by atoms with Crippen LogP contribution in [0.15, 0.2) is 24.3 Å². The van der Waals surface area contributed by atoms with E-state index in [-0.39, 0.29) is 19.1 Å². The highest BCUT2D eigenvalue weighted by Crippen LogP contribution is 2.01. The third-order valence-electron chi connectivity index (χ3n) is 1.72. The van der Waals surface area contributed by atoms with Gasteiger partial charge in [0.15, 0.2) is 0 Å². The summed E-state index contributed by atoms with van der Waals surface area (Å²) in [7, 11) is 0. The molecule has 0 radical (unpaired) electrons. The number of hydrogen-bond donors (Lipinski definition) is 1. The van der Waals surface area contributed by atoms with Gasteiger partial charge in [-0.2, -0.15) is 0 Å². The van der Waals surface area contributed by atoms with Crippen molar-refractivity contribution in [3.63, 3.8) is 0 Å². The van der Waals surface area contributed by atoms with Gasteiger partial charge in [-0.1, -0.05) is 29.8 Å². The summed E-state index contributed by atoms with van der Waals surface area (Å²) in [6.45, 7) is 2.95. The Labute approximate surface area is 84.8 Å². The minimum absolute atomic E-state index is 0. The summed E-state index contributed by atoms with van der Waals surface area (Å²) in [4.78, 5) is 0. The van der Waals surface area contributed by atoms with E-state index in [1.807, 2.05) is 0 Å². The summed E-state index contributed by atoms with van der Waals surface area (Å²) in [6.07, 6.45) is 0. The molecule has 0 fully saturated rings. The minimum Gasteiger partial charge on any atom is -0.310 e. The van der Waals surface area contributed by atoms with Crippen molar-refractivity contribution in [2.45, 2.75) is 13.5 Å². The molecular weight excluding hydrogens is 189 g/mol. The lowest BCUT2D eigenvalue weighted by Gasteiger charge is -2.02. The molecule has 1 rings (SSSR count). The Hall–Kier alpha value is -0.600. The quantitative estimate of drug-likeness (QED) is 0.742. The smallest absolute Gasteiger partial charge is 0.102 e. The molecule has 13 heavy (non-hydrogen) atoms. The summed E-state index contributed by atoms with van der Waals surface area (Å²) in [5, 5.41) is 3.00. The molecule has 0 heterocycles. The van der Waals surface area contributed by atoms with Gasteiger partial charge in [0.2, 0.25) is 0 Å². The van der Waals surface area contributed by atoms with E-state index in [2.05, 4.69) is 36.5 Å². The van der Waals surface area contributed by atoms with E-state index in [0.717, 1.165) is 6.54 Å². The average molecular weight is 204 g/mol. The van der Waals surface area contributed by atoms with Crippen LogP contribution in [0, 0.1) is 6.92 Å². The number of nitrogens with one attached hydrogen (secondary N) is 1. The highest BCUT2D eigenvalue weighted by molar-refractivity contribution is 5.85. The van der Waals surface area contributed by atoms with Crippen LogP contribution in [0.4, 0.5) is 4.39 Å². The molecule has 3 heteroatoms. The summed E-state index contributed by atoms with van der Waals surface area (Å²) in [5.74, 6) is 0. The molecule has 0 aliphatic heterocycles. The second-order valence-corrected chi connectivity index (χ2v) is 2.85. The normalized spacial score (nSPS) is 9.38. The van der Waals surface area contributed by atoms with E-state index in [4.69, 9.17) is 0 Å². The van der Waals surface area contributed by atoms with Crippen LogP contribution in [0.25, 0.3) is 0 Å². The van der Waals surface area contributed by atoms with Gasteiger partial charge in [0.05, 0.1) is 0 Å². The van der Waals surface area contributed by atoms with Gasteiger partial charge >= 0.3 is 0 Å². The van der Waals surface area contributed by atoms with Crippen LogP contribution in [0.3, 0.4) is 0 Å². The number of aryl methyl sites for hydroxylation is 1. The molecular formula is C10H15ClFN. The van der Waals surface area contributed by atoms with Crippen molar-refractivity contribution in [2.75, 3.05) is 13.2 Å². The van der Waals surface area contributed by atoms with Gasteiger partial charge in [-0.3, -0.25) is 0 Å². The second-order valence-electron chi connectivity index (χ2n) is 2.85. The highest BCUT2D eigenvalue weighted by Gasteiger charge is 1.90. The zero-order valence-electron chi connectivity index (χ0n) is 7.72. The van der Waals surface area contributed by atoms with Gasteiger partial charge in [0.25, 0.3) is 0 Å². The lowest BCUT2D eigenvalue weighted by atomic mass is 10.1. The first kappa shape index (κ1) is 12.4. The van der Waals surface area contributed by atoms with Crippen molar-refractivity contribution in [1.29, 1.82) is 0 Å². The summed E-state index contributed by atoms with van der Waals surface area (Å²) < 4.78 is 11.7. The predicted molar refractivity (Wildman–Crippen MR) is 56.1 cm³/mol. The SMILES string of the molecule is Cc1ccc(CNCCF)cc1.Cl.